The fourth-order valence-corrected chi connectivity index (χ4v) is 1.24. The van der Waals surface area contributed by atoms with Crippen LogP contribution in [0.1, 0.15) is 5.56 Å². The predicted octanol–water partition coefficient (Wildman–Crippen LogP) is -0.917. The van der Waals surface area contributed by atoms with Gasteiger partial charge in [0.05, 0.1) is 19.9 Å². The van der Waals surface area contributed by atoms with E-state index in [2.05, 4.69) is 15.2 Å². The van der Waals surface area contributed by atoms with Gasteiger partial charge in [0.1, 0.15) is 0 Å². The second-order valence-electron chi connectivity index (χ2n) is 3.55. The van der Waals surface area contributed by atoms with Gasteiger partial charge in [-0.05, 0) is 6.08 Å². The lowest BCUT2D eigenvalue weighted by Gasteiger charge is -2.11. The zero-order valence-corrected chi connectivity index (χ0v) is 10.2. The Hall–Kier alpha value is -2.15. The number of amides is 1. The van der Waals surface area contributed by atoms with Gasteiger partial charge >= 0.3 is 5.97 Å². The number of hydrogen-bond donors (Lipinski definition) is 2. The van der Waals surface area contributed by atoms with Crippen molar-refractivity contribution in [2.45, 2.75) is 6.04 Å². The SMILES string of the molecule is COC(=O)C(CO)NC(=O)/C=C/c1cnn(C)c1. The molecular formula is C11H15N3O4. The van der Waals surface area contributed by atoms with Crippen molar-refractivity contribution >= 4 is 18.0 Å². The second-order valence-corrected chi connectivity index (χ2v) is 3.55. The molecule has 98 valence electrons. The Morgan fingerprint density at radius 3 is 2.89 bits per heavy atom. The number of nitrogens with one attached hydrogen (secondary N) is 1. The Balaban J connectivity index is 2.55. The van der Waals surface area contributed by atoms with E-state index in [4.69, 9.17) is 5.11 Å². The summed E-state index contributed by atoms with van der Waals surface area (Å²) in [5.74, 6) is -1.19. The minimum atomic E-state index is -1.05. The van der Waals surface area contributed by atoms with Crippen molar-refractivity contribution in [2.75, 3.05) is 13.7 Å². The highest BCUT2D eigenvalue weighted by atomic mass is 16.5. The third-order valence-corrected chi connectivity index (χ3v) is 2.14. The van der Waals surface area contributed by atoms with Crippen LogP contribution in [0, 0.1) is 0 Å². The smallest absolute Gasteiger partial charge is 0.330 e. The summed E-state index contributed by atoms with van der Waals surface area (Å²) in [6, 6.07) is -1.05. The molecule has 0 saturated carbocycles. The van der Waals surface area contributed by atoms with Crippen LogP contribution in [-0.4, -0.2) is 46.5 Å². The number of aromatic nitrogens is 2. The first-order valence-electron chi connectivity index (χ1n) is 5.22. The molecule has 18 heavy (non-hydrogen) atoms. The van der Waals surface area contributed by atoms with E-state index in [0.717, 1.165) is 5.56 Å². The van der Waals surface area contributed by atoms with Gasteiger partial charge < -0.3 is 15.2 Å². The number of esters is 1. The number of ether oxygens (including phenoxy) is 1. The van der Waals surface area contributed by atoms with Gasteiger partial charge in [-0.25, -0.2) is 4.79 Å². The van der Waals surface area contributed by atoms with Gasteiger partial charge in [-0.3, -0.25) is 9.48 Å². The van der Waals surface area contributed by atoms with Crippen LogP contribution in [0.25, 0.3) is 6.08 Å². The molecule has 0 radical (unpaired) electrons. The van der Waals surface area contributed by atoms with Crippen molar-refractivity contribution in [1.29, 1.82) is 0 Å². The Labute approximate surface area is 104 Å². The summed E-state index contributed by atoms with van der Waals surface area (Å²) in [7, 11) is 2.94. The average molecular weight is 253 g/mol. The van der Waals surface area contributed by atoms with E-state index in [0.29, 0.717) is 0 Å². The van der Waals surface area contributed by atoms with Gasteiger partial charge in [0.25, 0.3) is 0 Å². The number of methoxy groups -OCH3 is 1. The number of nitrogens with zero attached hydrogens (tertiary/aromatic N) is 2. The number of carbonyl (C=O) groups excluding carboxylic acids is 2. The highest BCUT2D eigenvalue weighted by Crippen LogP contribution is 1.99. The number of rotatable bonds is 5. The Bertz CT molecular complexity index is 453. The van der Waals surface area contributed by atoms with Crippen LogP contribution in [0.5, 0.6) is 0 Å². The maximum atomic E-state index is 11.5. The van der Waals surface area contributed by atoms with Crippen LogP contribution in [0.15, 0.2) is 18.5 Å². The quantitative estimate of drug-likeness (QED) is 0.523. The van der Waals surface area contributed by atoms with Crippen LogP contribution < -0.4 is 5.32 Å². The Kier molecular flexibility index (Phi) is 5.06. The first-order valence-corrected chi connectivity index (χ1v) is 5.22. The van der Waals surface area contributed by atoms with Crippen LogP contribution >= 0.6 is 0 Å². The molecule has 1 aromatic heterocycles. The van der Waals surface area contributed by atoms with Gasteiger partial charge in [0.2, 0.25) is 5.91 Å². The van der Waals surface area contributed by atoms with Gasteiger partial charge in [0.15, 0.2) is 6.04 Å². The molecule has 1 amide bonds. The molecule has 1 aromatic rings. The second kappa shape index (κ2) is 6.55. The van der Waals surface area contributed by atoms with E-state index < -0.39 is 24.5 Å². The number of aryl methyl sites for hydroxylation is 1. The molecular weight excluding hydrogens is 238 g/mol. The topological polar surface area (TPSA) is 93.4 Å². The van der Waals surface area contributed by atoms with E-state index in [-0.39, 0.29) is 0 Å². The van der Waals surface area contributed by atoms with Gasteiger partial charge in [-0.15, -0.1) is 0 Å². The molecule has 1 heterocycles. The lowest BCUT2D eigenvalue weighted by atomic mass is 10.3. The van der Waals surface area contributed by atoms with Crippen LogP contribution in [0.3, 0.4) is 0 Å². The summed E-state index contributed by atoms with van der Waals surface area (Å²) in [4.78, 5) is 22.6. The summed E-state index contributed by atoms with van der Waals surface area (Å²) >= 11 is 0. The van der Waals surface area contributed by atoms with E-state index in [9.17, 15) is 9.59 Å². The fraction of sp³-hybridized carbons (Fsp3) is 0.364. The average Bonchev–Trinajstić information content (AvgIpc) is 2.78. The molecule has 0 fully saturated rings. The summed E-state index contributed by atoms with van der Waals surface area (Å²) < 4.78 is 6.02. The molecule has 0 aliphatic carbocycles. The van der Waals surface area contributed by atoms with E-state index >= 15 is 0 Å². The molecule has 0 bridgehead atoms. The molecule has 1 atom stereocenters. The summed E-state index contributed by atoms with van der Waals surface area (Å²) in [5.41, 5.74) is 0.756. The molecule has 1 unspecified atom stereocenters. The highest BCUT2D eigenvalue weighted by molar-refractivity contribution is 5.94. The minimum Gasteiger partial charge on any atom is -0.467 e. The van der Waals surface area contributed by atoms with Gasteiger partial charge in [0, 0.05) is 24.9 Å². The first kappa shape index (κ1) is 13.9. The lowest BCUT2D eigenvalue weighted by molar-refractivity contribution is -0.145. The van der Waals surface area contributed by atoms with E-state index in [1.165, 1.54) is 13.2 Å². The molecule has 2 N–H and O–H groups in total. The number of aliphatic hydroxyl groups is 1. The summed E-state index contributed by atoms with van der Waals surface area (Å²) in [6.45, 7) is -0.515. The standard InChI is InChI=1S/C11H15N3O4/c1-14-6-8(5-12-14)3-4-10(16)13-9(7-15)11(17)18-2/h3-6,9,15H,7H2,1-2H3,(H,13,16)/b4-3+. The Morgan fingerprint density at radius 2 is 2.39 bits per heavy atom. The third kappa shape index (κ3) is 4.02. The van der Waals surface area contributed by atoms with Crippen LogP contribution in [0.2, 0.25) is 0 Å². The van der Waals surface area contributed by atoms with E-state index in [1.54, 1.807) is 30.2 Å². The maximum Gasteiger partial charge on any atom is 0.330 e. The Morgan fingerprint density at radius 1 is 1.67 bits per heavy atom. The number of hydrogen-bond acceptors (Lipinski definition) is 5. The number of aliphatic hydroxyl groups excluding tert-OH is 1. The predicted molar refractivity (Wildman–Crippen MR) is 63.3 cm³/mol. The molecule has 0 aliphatic rings. The third-order valence-electron chi connectivity index (χ3n) is 2.14. The van der Waals surface area contributed by atoms with Crippen molar-refractivity contribution in [1.82, 2.24) is 15.1 Å². The highest BCUT2D eigenvalue weighted by Gasteiger charge is 2.18. The van der Waals surface area contributed by atoms with Crippen molar-refractivity contribution in [2.24, 2.45) is 7.05 Å². The normalized spacial score (nSPS) is 12.4. The van der Waals surface area contributed by atoms with Gasteiger partial charge in [-0.1, -0.05) is 0 Å². The molecule has 0 saturated heterocycles. The monoisotopic (exact) mass is 253 g/mol. The van der Waals surface area contributed by atoms with Crippen molar-refractivity contribution in [3.05, 3.63) is 24.0 Å². The molecule has 1 rings (SSSR count). The minimum absolute atomic E-state index is 0.497. The van der Waals surface area contributed by atoms with Gasteiger partial charge in [-0.2, -0.15) is 5.10 Å². The largest absolute Gasteiger partial charge is 0.467 e. The number of carbonyl (C=O) groups is 2. The lowest BCUT2D eigenvalue weighted by Crippen LogP contribution is -2.43. The maximum absolute atomic E-state index is 11.5. The molecule has 7 nitrogen and oxygen atoms in total. The first-order chi connectivity index (χ1) is 8.56. The molecule has 0 aliphatic heterocycles. The summed E-state index contributed by atoms with van der Waals surface area (Å²) in [6.07, 6.45) is 6.12. The zero-order chi connectivity index (χ0) is 13.5. The van der Waals surface area contributed by atoms with Crippen LogP contribution in [-0.2, 0) is 21.4 Å². The molecule has 7 heteroatoms. The zero-order valence-electron chi connectivity index (χ0n) is 10.2. The van der Waals surface area contributed by atoms with Crippen molar-refractivity contribution in [3.63, 3.8) is 0 Å². The van der Waals surface area contributed by atoms with Crippen molar-refractivity contribution < 1.29 is 19.4 Å². The summed E-state index contributed by atoms with van der Waals surface area (Å²) in [5, 5.41) is 15.2. The molecule has 0 spiro atoms. The van der Waals surface area contributed by atoms with Crippen LogP contribution in [0.4, 0.5) is 0 Å². The molecule has 0 aromatic carbocycles. The van der Waals surface area contributed by atoms with E-state index in [1.807, 2.05) is 0 Å². The fourth-order valence-electron chi connectivity index (χ4n) is 1.24. The van der Waals surface area contributed by atoms with Crippen molar-refractivity contribution in [3.8, 4) is 0 Å².